The quantitative estimate of drug-likeness (QED) is 0.453. The molecule has 4 aromatic heterocycles. The van der Waals surface area contributed by atoms with E-state index < -0.39 is 12.3 Å². The van der Waals surface area contributed by atoms with Gasteiger partial charge in [-0.3, -0.25) is 4.98 Å². The van der Waals surface area contributed by atoms with E-state index in [1.54, 1.807) is 23.0 Å². The molecule has 0 aliphatic rings. The number of thiazole rings is 1. The first-order valence-electron chi connectivity index (χ1n) is 8.68. The fourth-order valence-electron chi connectivity index (χ4n) is 2.86. The molecule has 0 spiro atoms. The molecule has 30 heavy (non-hydrogen) atoms. The normalized spacial score (nSPS) is 11.6. The van der Waals surface area contributed by atoms with E-state index in [2.05, 4.69) is 30.5 Å². The summed E-state index contributed by atoms with van der Waals surface area (Å²) in [5.74, 6) is -0.729. The molecule has 0 atom stereocenters. The molecule has 0 radical (unpaired) electrons. The third-order valence-corrected chi connectivity index (χ3v) is 5.13. The molecule has 5 rings (SSSR count). The molecule has 2 N–H and O–H groups in total. The topological polar surface area (TPSA) is 121 Å². The second-order valence-electron chi connectivity index (χ2n) is 6.32. The standard InChI is InChI=1S/C18H12F2N8OS/c19-15(20)17-26-25-16(29-17)10-1-3-11(22-6-10)7-28-8-13(24-27-28)9-2-4-14-12(5-9)23-18(21)30-14/h1-6,8,15H,7H2,(H2,21,23). The van der Waals surface area contributed by atoms with Crippen LogP contribution in [0.5, 0.6) is 0 Å². The van der Waals surface area contributed by atoms with Crippen LogP contribution in [-0.4, -0.2) is 35.2 Å². The Balaban J connectivity index is 1.33. The maximum atomic E-state index is 12.6. The molecule has 0 saturated carbocycles. The van der Waals surface area contributed by atoms with Crippen LogP contribution in [0.25, 0.3) is 32.9 Å². The molecule has 0 bridgehead atoms. The van der Waals surface area contributed by atoms with Gasteiger partial charge in [-0.25, -0.2) is 9.67 Å². The first kappa shape index (κ1) is 18.2. The third-order valence-electron chi connectivity index (χ3n) is 4.26. The summed E-state index contributed by atoms with van der Waals surface area (Å²) < 4.78 is 32.7. The van der Waals surface area contributed by atoms with E-state index in [0.29, 0.717) is 28.6 Å². The summed E-state index contributed by atoms with van der Waals surface area (Å²) in [5.41, 5.74) is 9.31. The summed E-state index contributed by atoms with van der Waals surface area (Å²) in [6.07, 6.45) is 0.476. The van der Waals surface area contributed by atoms with E-state index in [1.807, 2.05) is 18.2 Å². The van der Waals surface area contributed by atoms with Crippen molar-refractivity contribution in [3.05, 3.63) is 54.3 Å². The second kappa shape index (κ2) is 7.22. The van der Waals surface area contributed by atoms with Gasteiger partial charge in [0.1, 0.15) is 5.69 Å². The van der Waals surface area contributed by atoms with E-state index in [4.69, 9.17) is 10.2 Å². The minimum Gasteiger partial charge on any atom is -0.415 e. The van der Waals surface area contributed by atoms with Crippen LogP contribution >= 0.6 is 11.3 Å². The number of anilines is 1. The average Bonchev–Trinajstić information content (AvgIpc) is 3.47. The van der Waals surface area contributed by atoms with Crippen molar-refractivity contribution in [1.29, 1.82) is 0 Å². The lowest BCUT2D eigenvalue weighted by molar-refractivity contribution is 0.116. The van der Waals surface area contributed by atoms with Crippen LogP contribution in [0.3, 0.4) is 0 Å². The monoisotopic (exact) mass is 426 g/mol. The van der Waals surface area contributed by atoms with E-state index in [9.17, 15) is 8.78 Å². The number of nitrogens with zero attached hydrogens (tertiary/aromatic N) is 7. The Morgan fingerprint density at radius 1 is 1.10 bits per heavy atom. The van der Waals surface area contributed by atoms with Crippen molar-refractivity contribution in [3.8, 4) is 22.7 Å². The van der Waals surface area contributed by atoms with Crippen molar-refractivity contribution >= 4 is 26.7 Å². The van der Waals surface area contributed by atoms with Gasteiger partial charge in [-0.1, -0.05) is 22.6 Å². The van der Waals surface area contributed by atoms with Gasteiger partial charge in [0.2, 0.25) is 5.89 Å². The van der Waals surface area contributed by atoms with Crippen molar-refractivity contribution in [2.24, 2.45) is 0 Å². The van der Waals surface area contributed by atoms with Crippen LogP contribution in [0.1, 0.15) is 18.0 Å². The van der Waals surface area contributed by atoms with Gasteiger partial charge in [-0.2, -0.15) is 8.78 Å². The highest BCUT2D eigenvalue weighted by Crippen LogP contribution is 2.28. The average molecular weight is 426 g/mol. The van der Waals surface area contributed by atoms with Gasteiger partial charge in [0.25, 0.3) is 5.89 Å². The van der Waals surface area contributed by atoms with Gasteiger partial charge in [-0.05, 0) is 24.3 Å². The second-order valence-corrected chi connectivity index (χ2v) is 7.38. The molecule has 0 unspecified atom stereocenters. The lowest BCUT2D eigenvalue weighted by atomic mass is 10.1. The summed E-state index contributed by atoms with van der Waals surface area (Å²) in [6, 6.07) is 9.21. The van der Waals surface area contributed by atoms with Gasteiger partial charge in [0, 0.05) is 11.8 Å². The number of pyridine rings is 1. The Labute approximate surface area is 171 Å². The number of nitrogens with two attached hydrogens (primary N) is 1. The summed E-state index contributed by atoms with van der Waals surface area (Å²) in [4.78, 5) is 8.59. The summed E-state index contributed by atoms with van der Waals surface area (Å²) in [6.45, 7) is 0.380. The van der Waals surface area contributed by atoms with Crippen molar-refractivity contribution in [2.45, 2.75) is 13.0 Å². The van der Waals surface area contributed by atoms with Gasteiger partial charge in [0.05, 0.1) is 34.2 Å². The molecular formula is C18H12F2N8OS. The van der Waals surface area contributed by atoms with Crippen LogP contribution in [0.15, 0.2) is 47.1 Å². The molecule has 1 aromatic carbocycles. The van der Waals surface area contributed by atoms with Crippen LogP contribution in [0.2, 0.25) is 0 Å². The SMILES string of the molecule is Nc1nc2cc(-c3cn(Cc4ccc(-c5nnc(C(F)F)o5)cn4)nn3)ccc2s1. The highest BCUT2D eigenvalue weighted by molar-refractivity contribution is 7.22. The van der Waals surface area contributed by atoms with E-state index >= 15 is 0 Å². The van der Waals surface area contributed by atoms with E-state index in [-0.39, 0.29) is 5.89 Å². The molecule has 0 fully saturated rings. The molecule has 0 aliphatic carbocycles. The highest BCUT2D eigenvalue weighted by atomic mass is 32.1. The Kier molecular flexibility index (Phi) is 4.39. The number of nitrogen functional groups attached to an aromatic ring is 1. The first-order chi connectivity index (χ1) is 14.5. The number of hydrogen-bond acceptors (Lipinski definition) is 9. The lowest BCUT2D eigenvalue weighted by Gasteiger charge is -2.01. The molecule has 4 heterocycles. The maximum absolute atomic E-state index is 12.6. The lowest BCUT2D eigenvalue weighted by Crippen LogP contribution is -2.02. The molecule has 150 valence electrons. The number of fused-ring (bicyclic) bond motifs is 1. The van der Waals surface area contributed by atoms with Crippen molar-refractivity contribution in [1.82, 2.24) is 35.2 Å². The molecule has 0 amide bonds. The molecule has 12 heteroatoms. The Morgan fingerprint density at radius 2 is 1.97 bits per heavy atom. The number of halogens is 2. The van der Waals surface area contributed by atoms with Gasteiger partial charge < -0.3 is 10.2 Å². The first-order valence-corrected chi connectivity index (χ1v) is 9.50. The predicted octanol–water partition coefficient (Wildman–Crippen LogP) is 3.57. The smallest absolute Gasteiger partial charge is 0.314 e. The minimum atomic E-state index is -2.81. The van der Waals surface area contributed by atoms with E-state index in [0.717, 1.165) is 15.8 Å². The molecule has 0 saturated heterocycles. The molecule has 5 aromatic rings. The number of hydrogen-bond donors (Lipinski definition) is 1. The Bertz CT molecular complexity index is 1330. The number of aromatic nitrogens is 7. The van der Waals surface area contributed by atoms with E-state index in [1.165, 1.54) is 17.5 Å². The minimum absolute atomic E-state index is 0.00883. The zero-order chi connectivity index (χ0) is 20.7. The predicted molar refractivity (Wildman–Crippen MR) is 105 cm³/mol. The van der Waals surface area contributed by atoms with Crippen LogP contribution in [-0.2, 0) is 6.54 Å². The Hall–Kier alpha value is -3.80. The zero-order valence-corrected chi connectivity index (χ0v) is 15.9. The van der Waals surface area contributed by atoms with Crippen LogP contribution in [0, 0.1) is 0 Å². The fraction of sp³-hybridized carbons (Fsp3) is 0.111. The number of benzene rings is 1. The third kappa shape index (κ3) is 3.48. The Morgan fingerprint density at radius 3 is 2.73 bits per heavy atom. The summed E-state index contributed by atoms with van der Waals surface area (Å²) in [5, 5.41) is 15.8. The van der Waals surface area contributed by atoms with Crippen molar-refractivity contribution in [3.63, 3.8) is 0 Å². The van der Waals surface area contributed by atoms with Crippen LogP contribution in [0.4, 0.5) is 13.9 Å². The summed E-state index contributed by atoms with van der Waals surface area (Å²) in [7, 11) is 0. The zero-order valence-electron chi connectivity index (χ0n) is 15.1. The van der Waals surface area contributed by atoms with Gasteiger partial charge in [0.15, 0.2) is 5.13 Å². The fourth-order valence-corrected chi connectivity index (χ4v) is 3.58. The largest absolute Gasteiger partial charge is 0.415 e. The maximum Gasteiger partial charge on any atom is 0.314 e. The highest BCUT2D eigenvalue weighted by Gasteiger charge is 2.17. The number of alkyl halides is 2. The van der Waals surface area contributed by atoms with Crippen LogP contribution < -0.4 is 5.73 Å². The summed E-state index contributed by atoms with van der Waals surface area (Å²) >= 11 is 1.43. The van der Waals surface area contributed by atoms with Gasteiger partial charge >= 0.3 is 6.43 Å². The number of rotatable bonds is 5. The molecule has 0 aliphatic heterocycles. The van der Waals surface area contributed by atoms with Crippen molar-refractivity contribution in [2.75, 3.05) is 5.73 Å². The molecular weight excluding hydrogens is 414 g/mol. The van der Waals surface area contributed by atoms with Crippen molar-refractivity contribution < 1.29 is 13.2 Å². The molecule has 9 nitrogen and oxygen atoms in total. The van der Waals surface area contributed by atoms with Gasteiger partial charge in [-0.15, -0.1) is 15.3 Å².